The van der Waals surface area contributed by atoms with E-state index in [1.165, 1.54) is 12.8 Å². The fourth-order valence-electron chi connectivity index (χ4n) is 2.36. The molecule has 23 heavy (non-hydrogen) atoms. The third-order valence-electron chi connectivity index (χ3n) is 3.59. The highest BCUT2D eigenvalue weighted by atomic mass is 127. The van der Waals surface area contributed by atoms with Crippen LogP contribution in [0.5, 0.6) is 0 Å². The molecule has 0 aliphatic heterocycles. The zero-order valence-electron chi connectivity index (χ0n) is 14.1. The Morgan fingerprint density at radius 3 is 2.78 bits per heavy atom. The lowest BCUT2D eigenvalue weighted by molar-refractivity contribution is 0.493. The lowest BCUT2D eigenvalue weighted by Gasteiger charge is -2.14. The Bertz CT molecular complexity index is 622. The summed E-state index contributed by atoms with van der Waals surface area (Å²) in [5.74, 6) is 2.00. The normalized spacial score (nSPS) is 13.1. The van der Waals surface area contributed by atoms with E-state index in [0.717, 1.165) is 23.8 Å². The van der Waals surface area contributed by atoms with E-state index in [9.17, 15) is 0 Å². The molecular weight excluding hydrogens is 403 g/mol. The quantitative estimate of drug-likeness (QED) is 0.402. The molecule has 0 fully saturated rings. The van der Waals surface area contributed by atoms with Gasteiger partial charge >= 0.3 is 0 Å². The molecule has 7 heteroatoms. The Hall–Kier alpha value is -1.38. The summed E-state index contributed by atoms with van der Waals surface area (Å²) in [4.78, 5) is 4.36. The van der Waals surface area contributed by atoms with Gasteiger partial charge in [-0.25, -0.2) is 4.99 Å². The maximum absolute atomic E-state index is 5.95. The van der Waals surface area contributed by atoms with E-state index in [4.69, 9.17) is 5.73 Å². The number of aliphatic imine (C=N–C) groups is 1. The van der Waals surface area contributed by atoms with Crippen LogP contribution in [-0.4, -0.2) is 26.6 Å². The molecule has 2 heterocycles. The largest absolute Gasteiger partial charge is 0.370 e. The van der Waals surface area contributed by atoms with Gasteiger partial charge in [0.25, 0.3) is 0 Å². The van der Waals surface area contributed by atoms with Crippen LogP contribution < -0.4 is 11.1 Å². The molecule has 2 aromatic rings. The SMILES string of the molecule is CC(C)CCCC(C)NC(N)=NCc1nnc2ccccn12.I. The molecule has 0 aromatic carbocycles. The molecule has 0 saturated heterocycles. The Morgan fingerprint density at radius 1 is 1.26 bits per heavy atom. The predicted molar refractivity (Wildman–Crippen MR) is 105 cm³/mol. The Kier molecular flexibility index (Phi) is 8.29. The molecule has 128 valence electrons. The predicted octanol–water partition coefficient (Wildman–Crippen LogP) is 2.97. The van der Waals surface area contributed by atoms with Gasteiger partial charge in [0.1, 0.15) is 6.54 Å². The Balaban J connectivity index is 0.00000264. The van der Waals surface area contributed by atoms with Crippen LogP contribution in [0.1, 0.15) is 45.9 Å². The number of nitrogens with zero attached hydrogens (tertiary/aromatic N) is 4. The number of nitrogens with one attached hydrogen (secondary N) is 1. The molecule has 0 bridgehead atoms. The molecule has 6 nitrogen and oxygen atoms in total. The second-order valence-corrected chi connectivity index (χ2v) is 6.12. The Labute approximate surface area is 155 Å². The van der Waals surface area contributed by atoms with Crippen LogP contribution in [0, 0.1) is 5.92 Å². The van der Waals surface area contributed by atoms with E-state index in [2.05, 4.69) is 41.3 Å². The van der Waals surface area contributed by atoms with Crippen molar-refractivity contribution in [2.24, 2.45) is 16.6 Å². The van der Waals surface area contributed by atoms with E-state index in [0.29, 0.717) is 18.5 Å². The molecule has 0 amide bonds. The first-order chi connectivity index (χ1) is 10.6. The molecule has 1 atom stereocenters. The number of nitrogens with two attached hydrogens (primary N) is 1. The summed E-state index contributed by atoms with van der Waals surface area (Å²) in [6.07, 6.45) is 5.48. The van der Waals surface area contributed by atoms with E-state index >= 15 is 0 Å². The van der Waals surface area contributed by atoms with E-state index < -0.39 is 0 Å². The van der Waals surface area contributed by atoms with Crippen molar-refractivity contribution >= 4 is 35.6 Å². The molecular formula is C16H27IN6. The molecule has 0 saturated carbocycles. The number of rotatable bonds is 7. The van der Waals surface area contributed by atoms with Gasteiger partial charge in [-0.1, -0.05) is 32.8 Å². The minimum Gasteiger partial charge on any atom is -0.370 e. The van der Waals surface area contributed by atoms with Crippen molar-refractivity contribution in [3.05, 3.63) is 30.2 Å². The van der Waals surface area contributed by atoms with Gasteiger partial charge in [0, 0.05) is 12.2 Å². The second kappa shape index (κ2) is 9.69. The number of pyridine rings is 1. The van der Waals surface area contributed by atoms with Crippen LogP contribution in [0.25, 0.3) is 5.65 Å². The maximum atomic E-state index is 5.95. The molecule has 1 unspecified atom stereocenters. The van der Waals surface area contributed by atoms with Gasteiger partial charge < -0.3 is 11.1 Å². The van der Waals surface area contributed by atoms with Gasteiger partial charge in [-0.2, -0.15) is 0 Å². The summed E-state index contributed by atoms with van der Waals surface area (Å²) in [7, 11) is 0. The van der Waals surface area contributed by atoms with Crippen LogP contribution in [0.4, 0.5) is 0 Å². The van der Waals surface area contributed by atoms with Gasteiger partial charge in [0.05, 0.1) is 0 Å². The molecule has 2 aromatic heterocycles. The summed E-state index contributed by atoms with van der Waals surface area (Å²) >= 11 is 0. The van der Waals surface area contributed by atoms with E-state index in [1.54, 1.807) is 0 Å². The minimum atomic E-state index is 0. The summed E-state index contributed by atoms with van der Waals surface area (Å²) in [6, 6.07) is 6.13. The first-order valence-electron chi connectivity index (χ1n) is 7.91. The molecule has 0 radical (unpaired) electrons. The van der Waals surface area contributed by atoms with Crippen LogP contribution >= 0.6 is 24.0 Å². The molecule has 2 rings (SSSR count). The van der Waals surface area contributed by atoms with Gasteiger partial charge in [0.2, 0.25) is 0 Å². The average Bonchev–Trinajstić information content (AvgIpc) is 2.88. The van der Waals surface area contributed by atoms with Gasteiger partial charge in [0.15, 0.2) is 17.4 Å². The zero-order valence-corrected chi connectivity index (χ0v) is 16.4. The van der Waals surface area contributed by atoms with E-state index in [-0.39, 0.29) is 24.0 Å². The first kappa shape index (κ1) is 19.7. The summed E-state index contributed by atoms with van der Waals surface area (Å²) in [5.41, 5.74) is 6.77. The molecule has 0 aliphatic rings. The van der Waals surface area contributed by atoms with Crippen molar-refractivity contribution in [3.63, 3.8) is 0 Å². The topological polar surface area (TPSA) is 80.6 Å². The van der Waals surface area contributed by atoms with Crippen LogP contribution in [0.3, 0.4) is 0 Å². The third-order valence-corrected chi connectivity index (χ3v) is 3.59. The lowest BCUT2D eigenvalue weighted by atomic mass is 10.0. The highest BCUT2D eigenvalue weighted by Gasteiger charge is 2.06. The maximum Gasteiger partial charge on any atom is 0.189 e. The lowest BCUT2D eigenvalue weighted by Crippen LogP contribution is -2.38. The first-order valence-corrected chi connectivity index (χ1v) is 7.91. The summed E-state index contributed by atoms with van der Waals surface area (Å²) in [6.45, 7) is 7.05. The van der Waals surface area contributed by atoms with Gasteiger partial charge in [-0.3, -0.25) is 4.40 Å². The number of hydrogen-bond donors (Lipinski definition) is 2. The standard InChI is InChI=1S/C16H26N6.HI/c1-12(2)7-6-8-13(3)19-16(17)18-11-15-21-20-14-9-4-5-10-22(14)15;/h4-5,9-10,12-13H,6-8,11H2,1-3H3,(H3,17,18,19);1H. The molecule has 3 N–H and O–H groups in total. The second-order valence-electron chi connectivity index (χ2n) is 6.12. The van der Waals surface area contributed by atoms with Gasteiger partial charge in [-0.05, 0) is 31.4 Å². The van der Waals surface area contributed by atoms with Crippen molar-refractivity contribution in [1.29, 1.82) is 0 Å². The molecule has 0 aliphatic carbocycles. The number of aromatic nitrogens is 3. The van der Waals surface area contributed by atoms with Crippen LogP contribution in [0.15, 0.2) is 29.4 Å². The average molecular weight is 430 g/mol. The summed E-state index contributed by atoms with van der Waals surface area (Å²) < 4.78 is 1.92. The number of hydrogen-bond acceptors (Lipinski definition) is 3. The van der Waals surface area contributed by atoms with Crippen molar-refractivity contribution in [3.8, 4) is 0 Å². The van der Waals surface area contributed by atoms with Gasteiger partial charge in [-0.15, -0.1) is 34.2 Å². The fraction of sp³-hybridized carbons (Fsp3) is 0.562. The molecule has 0 spiro atoms. The minimum absolute atomic E-state index is 0. The van der Waals surface area contributed by atoms with Crippen molar-refractivity contribution < 1.29 is 0 Å². The summed E-state index contributed by atoms with van der Waals surface area (Å²) in [5, 5.41) is 11.5. The van der Waals surface area contributed by atoms with Crippen molar-refractivity contribution in [2.75, 3.05) is 0 Å². The zero-order chi connectivity index (χ0) is 15.9. The van der Waals surface area contributed by atoms with Crippen molar-refractivity contribution in [2.45, 2.75) is 52.6 Å². The number of halogens is 1. The van der Waals surface area contributed by atoms with Crippen LogP contribution in [0.2, 0.25) is 0 Å². The monoisotopic (exact) mass is 430 g/mol. The van der Waals surface area contributed by atoms with Crippen molar-refractivity contribution in [1.82, 2.24) is 19.9 Å². The van der Waals surface area contributed by atoms with Crippen LogP contribution in [-0.2, 0) is 6.54 Å². The highest BCUT2D eigenvalue weighted by molar-refractivity contribution is 14.0. The van der Waals surface area contributed by atoms with E-state index in [1.807, 2.05) is 28.8 Å². The number of guanidine groups is 1. The smallest absolute Gasteiger partial charge is 0.189 e. The fourth-order valence-corrected chi connectivity index (χ4v) is 2.36. The number of fused-ring (bicyclic) bond motifs is 1. The Morgan fingerprint density at radius 2 is 2.04 bits per heavy atom. The third kappa shape index (κ3) is 6.32. The highest BCUT2D eigenvalue weighted by Crippen LogP contribution is 2.08.